The van der Waals surface area contributed by atoms with Gasteiger partial charge in [0.25, 0.3) is 0 Å². The van der Waals surface area contributed by atoms with Gasteiger partial charge in [-0.25, -0.2) is 0 Å². The fraction of sp³-hybridized carbons (Fsp3) is 0.0667. The van der Waals surface area contributed by atoms with Crippen LogP contribution in [0.5, 0.6) is 0 Å². The molecule has 0 amide bonds. The number of carbonyl (C=O) groups excluding carboxylic acids is 1. The van der Waals surface area contributed by atoms with Gasteiger partial charge in [0.1, 0.15) is 17.8 Å². The average molecular weight is 343 g/mol. The first-order valence-corrected chi connectivity index (χ1v) is 7.08. The van der Waals surface area contributed by atoms with E-state index >= 15 is 0 Å². The van der Waals surface area contributed by atoms with Crippen molar-refractivity contribution < 1.29 is 4.79 Å². The molecule has 21 heavy (non-hydrogen) atoms. The number of benzene rings is 1. The van der Waals surface area contributed by atoms with Gasteiger partial charge in [0, 0.05) is 16.2 Å². The van der Waals surface area contributed by atoms with Crippen LogP contribution in [0.4, 0.5) is 0 Å². The van der Waals surface area contributed by atoms with Gasteiger partial charge < -0.3 is 0 Å². The summed E-state index contributed by atoms with van der Waals surface area (Å²) in [4.78, 5) is 16.8. The first-order valence-electron chi connectivity index (χ1n) is 6.29. The predicted molar refractivity (Wildman–Crippen MR) is 81.5 cm³/mol. The summed E-state index contributed by atoms with van der Waals surface area (Å²) < 4.78 is 2.61. The van der Waals surface area contributed by atoms with Gasteiger partial charge in [0.2, 0.25) is 5.78 Å². The first-order chi connectivity index (χ1) is 10.2. The molecule has 1 aromatic carbocycles. The lowest BCUT2D eigenvalue weighted by molar-refractivity contribution is 0.103. The maximum atomic E-state index is 12.7. The number of halogens is 1. The fourth-order valence-electron chi connectivity index (χ4n) is 2.06. The average Bonchev–Trinajstić information content (AvgIpc) is 2.93. The molecular formula is C15H11BrN4O. The quantitative estimate of drug-likeness (QED) is 0.686. The number of nitrogens with zero attached hydrogens (tertiary/aromatic N) is 4. The second kappa shape index (κ2) is 5.57. The zero-order valence-corrected chi connectivity index (χ0v) is 12.8. The summed E-state index contributed by atoms with van der Waals surface area (Å²) in [5.74, 6) is 0.576. The smallest absolute Gasteiger partial charge is 0.213 e. The molecule has 0 aliphatic carbocycles. The Balaban J connectivity index is 2.16. The van der Waals surface area contributed by atoms with Gasteiger partial charge in [0.05, 0.1) is 5.69 Å². The third-order valence-electron chi connectivity index (χ3n) is 3.08. The predicted octanol–water partition coefficient (Wildman–Crippen LogP) is 2.96. The van der Waals surface area contributed by atoms with Crippen LogP contribution in [-0.4, -0.2) is 25.5 Å². The molecule has 104 valence electrons. The molecule has 0 bridgehead atoms. The molecule has 2 heterocycles. The van der Waals surface area contributed by atoms with Crippen LogP contribution in [0.15, 0.2) is 53.4 Å². The minimum absolute atomic E-state index is 0.139. The first kappa shape index (κ1) is 13.6. The van der Waals surface area contributed by atoms with E-state index in [1.54, 1.807) is 41.4 Å². The molecule has 0 spiro atoms. The number of hydrogen-bond donors (Lipinski definition) is 0. The van der Waals surface area contributed by atoms with E-state index in [0.29, 0.717) is 17.1 Å². The second-order valence-corrected chi connectivity index (χ2v) is 5.37. The van der Waals surface area contributed by atoms with Gasteiger partial charge in [-0.2, -0.15) is 0 Å². The lowest BCUT2D eigenvalue weighted by Crippen LogP contribution is -2.09. The van der Waals surface area contributed by atoms with E-state index in [1.807, 2.05) is 19.1 Å². The molecule has 2 aromatic heterocycles. The summed E-state index contributed by atoms with van der Waals surface area (Å²) in [6.45, 7) is 1.84. The van der Waals surface area contributed by atoms with Crippen LogP contribution in [0.2, 0.25) is 0 Å². The maximum absolute atomic E-state index is 12.7. The number of aryl methyl sites for hydroxylation is 1. The summed E-state index contributed by atoms with van der Waals surface area (Å²) >= 11 is 3.41. The topological polar surface area (TPSA) is 60.7 Å². The Morgan fingerprint density at radius 1 is 1.24 bits per heavy atom. The third kappa shape index (κ3) is 2.62. The maximum Gasteiger partial charge on any atom is 0.213 e. The van der Waals surface area contributed by atoms with E-state index in [9.17, 15) is 4.79 Å². The van der Waals surface area contributed by atoms with E-state index in [4.69, 9.17) is 0 Å². The molecule has 6 heteroatoms. The number of carbonyl (C=O) groups is 1. The normalized spacial score (nSPS) is 10.6. The fourth-order valence-corrected chi connectivity index (χ4v) is 2.43. The zero-order valence-electron chi connectivity index (χ0n) is 11.2. The summed E-state index contributed by atoms with van der Waals surface area (Å²) in [6.07, 6.45) is 3.20. The van der Waals surface area contributed by atoms with Crippen molar-refractivity contribution in [2.45, 2.75) is 6.92 Å². The van der Waals surface area contributed by atoms with Gasteiger partial charge in [-0.05, 0) is 37.3 Å². The summed E-state index contributed by atoms with van der Waals surface area (Å²) in [5, 5.41) is 7.83. The van der Waals surface area contributed by atoms with Crippen molar-refractivity contribution in [1.29, 1.82) is 0 Å². The lowest BCUT2D eigenvalue weighted by Gasteiger charge is -2.10. The van der Waals surface area contributed by atoms with Crippen LogP contribution in [0, 0.1) is 6.92 Å². The van der Waals surface area contributed by atoms with E-state index in [1.165, 1.54) is 0 Å². The monoisotopic (exact) mass is 342 g/mol. The zero-order chi connectivity index (χ0) is 14.8. The highest BCUT2D eigenvalue weighted by atomic mass is 79.9. The van der Waals surface area contributed by atoms with Crippen molar-refractivity contribution in [3.05, 3.63) is 70.5 Å². The minimum atomic E-state index is -0.139. The third-order valence-corrected chi connectivity index (χ3v) is 3.57. The van der Waals surface area contributed by atoms with Crippen LogP contribution in [-0.2, 0) is 0 Å². The molecular weight excluding hydrogens is 332 g/mol. The number of ketones is 1. The van der Waals surface area contributed by atoms with Crippen molar-refractivity contribution >= 4 is 21.7 Å². The highest BCUT2D eigenvalue weighted by molar-refractivity contribution is 9.10. The van der Waals surface area contributed by atoms with Crippen molar-refractivity contribution in [1.82, 2.24) is 19.7 Å². The molecule has 0 fully saturated rings. The molecule has 0 atom stereocenters. The summed E-state index contributed by atoms with van der Waals surface area (Å²) in [5.41, 5.74) is 1.69. The number of rotatable bonds is 3. The van der Waals surface area contributed by atoms with Crippen molar-refractivity contribution in [3.63, 3.8) is 0 Å². The number of aromatic nitrogens is 4. The largest absolute Gasteiger partial charge is 0.287 e. The summed E-state index contributed by atoms with van der Waals surface area (Å²) in [7, 11) is 0. The molecule has 3 rings (SSSR count). The standard InChI is InChI=1S/C15H11BrN4O/c1-10-19-18-9-20(10)14-6-5-11(16)8-12(14)15(21)13-4-2-3-7-17-13/h2-9H,1H3. The second-order valence-electron chi connectivity index (χ2n) is 4.45. The highest BCUT2D eigenvalue weighted by Crippen LogP contribution is 2.23. The van der Waals surface area contributed by atoms with E-state index in [-0.39, 0.29) is 5.78 Å². The van der Waals surface area contributed by atoms with Crippen LogP contribution in [0.3, 0.4) is 0 Å². The molecule has 0 N–H and O–H groups in total. The van der Waals surface area contributed by atoms with E-state index in [0.717, 1.165) is 10.2 Å². The molecule has 0 aliphatic heterocycles. The molecule has 3 aromatic rings. The lowest BCUT2D eigenvalue weighted by atomic mass is 10.1. The SMILES string of the molecule is Cc1nncn1-c1ccc(Br)cc1C(=O)c1ccccn1. The minimum Gasteiger partial charge on any atom is -0.287 e. The molecule has 0 radical (unpaired) electrons. The van der Waals surface area contributed by atoms with Crippen LogP contribution < -0.4 is 0 Å². The van der Waals surface area contributed by atoms with Crippen molar-refractivity contribution in [3.8, 4) is 5.69 Å². The van der Waals surface area contributed by atoms with Gasteiger partial charge in [-0.1, -0.05) is 22.0 Å². The molecule has 0 unspecified atom stereocenters. The van der Waals surface area contributed by atoms with Gasteiger partial charge in [-0.15, -0.1) is 10.2 Å². The van der Waals surface area contributed by atoms with Crippen molar-refractivity contribution in [2.75, 3.05) is 0 Å². The van der Waals surface area contributed by atoms with Crippen LogP contribution in [0.25, 0.3) is 5.69 Å². The Labute approximate surface area is 129 Å². The Morgan fingerprint density at radius 2 is 2.10 bits per heavy atom. The number of pyridine rings is 1. The molecule has 0 aliphatic rings. The van der Waals surface area contributed by atoms with Gasteiger partial charge in [0.15, 0.2) is 0 Å². The number of hydrogen-bond acceptors (Lipinski definition) is 4. The van der Waals surface area contributed by atoms with Crippen LogP contribution in [0.1, 0.15) is 21.9 Å². The van der Waals surface area contributed by atoms with Crippen molar-refractivity contribution in [2.24, 2.45) is 0 Å². The Morgan fingerprint density at radius 3 is 2.76 bits per heavy atom. The Hall–Kier alpha value is -2.34. The molecule has 0 saturated heterocycles. The van der Waals surface area contributed by atoms with Crippen LogP contribution >= 0.6 is 15.9 Å². The van der Waals surface area contributed by atoms with Gasteiger partial charge >= 0.3 is 0 Å². The highest BCUT2D eigenvalue weighted by Gasteiger charge is 2.17. The van der Waals surface area contributed by atoms with Gasteiger partial charge in [-0.3, -0.25) is 14.3 Å². The Bertz CT molecular complexity index is 798. The molecule has 0 saturated carbocycles. The van der Waals surface area contributed by atoms with E-state index < -0.39 is 0 Å². The Kier molecular flexibility index (Phi) is 3.62. The van der Waals surface area contributed by atoms with E-state index in [2.05, 4.69) is 31.1 Å². The molecule has 5 nitrogen and oxygen atoms in total. The summed E-state index contributed by atoms with van der Waals surface area (Å²) in [6, 6.07) is 10.8.